The molecule has 5 nitrogen and oxygen atoms in total. The molecule has 0 radical (unpaired) electrons. The predicted molar refractivity (Wildman–Crippen MR) is 126 cm³/mol. The number of ether oxygens (including phenoxy) is 2. The van der Waals surface area contributed by atoms with Gasteiger partial charge in [-0.3, -0.25) is 9.59 Å². The van der Waals surface area contributed by atoms with Gasteiger partial charge < -0.3 is 14.6 Å². The molecule has 0 aromatic heterocycles. The molecule has 2 aromatic rings. The van der Waals surface area contributed by atoms with Crippen LogP contribution >= 0.6 is 15.9 Å². The molecule has 0 aliphatic rings. The van der Waals surface area contributed by atoms with E-state index in [1.54, 1.807) is 32.2 Å². The van der Waals surface area contributed by atoms with Crippen molar-refractivity contribution in [1.82, 2.24) is 0 Å². The molecule has 0 spiro atoms. The zero-order valence-electron chi connectivity index (χ0n) is 18.7. The van der Waals surface area contributed by atoms with E-state index in [2.05, 4.69) is 15.9 Å². The number of aliphatic hydroxyl groups excluding tert-OH is 1. The van der Waals surface area contributed by atoms with Gasteiger partial charge in [0.2, 0.25) is 0 Å². The van der Waals surface area contributed by atoms with Crippen LogP contribution in [0.5, 0.6) is 5.75 Å². The molecule has 0 bridgehead atoms. The van der Waals surface area contributed by atoms with Crippen molar-refractivity contribution in [3.8, 4) is 16.9 Å². The number of hydrogen-bond donors (Lipinski definition) is 1. The van der Waals surface area contributed by atoms with Crippen LogP contribution in [0.1, 0.15) is 50.7 Å². The van der Waals surface area contributed by atoms with Gasteiger partial charge in [0.05, 0.1) is 24.3 Å². The number of benzene rings is 2. The molecule has 0 heterocycles. The van der Waals surface area contributed by atoms with E-state index in [9.17, 15) is 19.1 Å². The number of ketones is 1. The Morgan fingerprint density at radius 2 is 1.88 bits per heavy atom. The summed E-state index contributed by atoms with van der Waals surface area (Å²) in [6.07, 6.45) is 1.61. The van der Waals surface area contributed by atoms with E-state index in [4.69, 9.17) is 9.47 Å². The molecule has 1 unspecified atom stereocenters. The summed E-state index contributed by atoms with van der Waals surface area (Å²) in [6.45, 7) is 5.94. The molecule has 0 aliphatic heterocycles. The zero-order valence-corrected chi connectivity index (χ0v) is 20.2. The topological polar surface area (TPSA) is 72.8 Å². The van der Waals surface area contributed by atoms with Crippen LogP contribution in [-0.2, 0) is 14.3 Å². The summed E-state index contributed by atoms with van der Waals surface area (Å²) in [6, 6.07) is 8.04. The molecule has 2 rings (SSSR count). The summed E-state index contributed by atoms with van der Waals surface area (Å²) in [5.41, 5.74) is 3.27. The molecule has 0 aliphatic carbocycles. The summed E-state index contributed by atoms with van der Waals surface area (Å²) < 4.78 is 24.7. The van der Waals surface area contributed by atoms with Gasteiger partial charge in [-0.15, -0.1) is 0 Å². The lowest BCUT2D eigenvalue weighted by atomic mass is 9.88. The molecule has 0 saturated carbocycles. The second-order valence-corrected chi connectivity index (χ2v) is 8.44. The van der Waals surface area contributed by atoms with Crippen molar-refractivity contribution in [3.63, 3.8) is 0 Å². The average molecular weight is 507 g/mol. The Morgan fingerprint density at radius 3 is 2.44 bits per heavy atom. The minimum atomic E-state index is -1.08. The van der Waals surface area contributed by atoms with E-state index in [0.717, 1.165) is 26.7 Å². The lowest BCUT2D eigenvalue weighted by Gasteiger charge is -2.20. The summed E-state index contributed by atoms with van der Waals surface area (Å²) in [7, 11) is 1.55. The van der Waals surface area contributed by atoms with Crippen LogP contribution in [0.15, 0.2) is 40.9 Å². The first kappa shape index (κ1) is 25.7. The van der Waals surface area contributed by atoms with Crippen molar-refractivity contribution < 1.29 is 28.6 Å². The predicted octanol–water partition coefficient (Wildman–Crippen LogP) is 5.67. The molecule has 172 valence electrons. The summed E-state index contributed by atoms with van der Waals surface area (Å²) >= 11 is 3.56. The fraction of sp³-hybridized carbons (Fsp3) is 0.360. The molecule has 1 N–H and O–H groups in total. The summed E-state index contributed by atoms with van der Waals surface area (Å²) in [5.74, 6) is -0.643. The molecule has 0 amide bonds. The Morgan fingerprint density at radius 1 is 1.22 bits per heavy atom. The van der Waals surface area contributed by atoms with E-state index < -0.39 is 17.9 Å². The fourth-order valence-electron chi connectivity index (χ4n) is 3.38. The maximum Gasteiger partial charge on any atom is 0.313 e. The third-order valence-corrected chi connectivity index (χ3v) is 5.42. The Labute approximate surface area is 196 Å². The SMILES string of the molecule is CCOC(=O)CC(=O)CC(O)C=Cc1c(C(C)C)cc(Br)c(OC)c1-c1ccc(F)cc1. The van der Waals surface area contributed by atoms with Crippen molar-refractivity contribution >= 4 is 33.8 Å². The van der Waals surface area contributed by atoms with E-state index in [1.807, 2.05) is 19.9 Å². The monoisotopic (exact) mass is 506 g/mol. The van der Waals surface area contributed by atoms with Crippen LogP contribution in [0.2, 0.25) is 0 Å². The van der Waals surface area contributed by atoms with Gasteiger partial charge in [-0.1, -0.05) is 38.1 Å². The first-order valence-electron chi connectivity index (χ1n) is 10.4. The Bertz CT molecular complexity index is 983. The van der Waals surface area contributed by atoms with Gasteiger partial charge in [-0.25, -0.2) is 4.39 Å². The second-order valence-electron chi connectivity index (χ2n) is 7.58. The Kier molecular flexibility index (Phi) is 9.60. The molecule has 1 atom stereocenters. The summed E-state index contributed by atoms with van der Waals surface area (Å²) in [5, 5.41) is 10.4. The van der Waals surface area contributed by atoms with Crippen molar-refractivity contribution in [2.24, 2.45) is 0 Å². The highest BCUT2D eigenvalue weighted by atomic mass is 79.9. The number of rotatable bonds is 10. The second kappa shape index (κ2) is 11.9. The molecular formula is C25H28BrFO5. The van der Waals surface area contributed by atoms with Crippen molar-refractivity contribution in [1.29, 1.82) is 0 Å². The minimum absolute atomic E-state index is 0.138. The van der Waals surface area contributed by atoms with Gasteiger partial charge in [0.25, 0.3) is 0 Å². The van der Waals surface area contributed by atoms with Gasteiger partial charge in [0, 0.05) is 12.0 Å². The number of Topliss-reactive ketones (excluding diaryl/α,β-unsaturated/α-hetero) is 1. The number of hydrogen-bond acceptors (Lipinski definition) is 5. The Balaban J connectivity index is 2.45. The van der Waals surface area contributed by atoms with Crippen LogP contribution in [0, 0.1) is 5.82 Å². The third-order valence-electron chi connectivity index (χ3n) is 4.83. The molecule has 32 heavy (non-hydrogen) atoms. The van der Waals surface area contributed by atoms with Gasteiger partial charge in [0.15, 0.2) is 0 Å². The number of esters is 1. The highest BCUT2D eigenvalue weighted by molar-refractivity contribution is 9.10. The lowest BCUT2D eigenvalue weighted by molar-refractivity contribution is -0.145. The van der Waals surface area contributed by atoms with Crippen LogP contribution in [-0.4, -0.2) is 36.7 Å². The van der Waals surface area contributed by atoms with Crippen molar-refractivity contribution in [2.45, 2.75) is 45.6 Å². The first-order valence-corrected chi connectivity index (χ1v) is 11.2. The maximum absolute atomic E-state index is 13.5. The zero-order chi connectivity index (χ0) is 23.8. The minimum Gasteiger partial charge on any atom is -0.495 e. The quantitative estimate of drug-likeness (QED) is 0.331. The number of aliphatic hydroxyl groups is 1. The summed E-state index contributed by atoms with van der Waals surface area (Å²) in [4.78, 5) is 23.5. The van der Waals surface area contributed by atoms with E-state index in [0.29, 0.717) is 5.75 Å². The molecule has 2 aromatic carbocycles. The number of methoxy groups -OCH3 is 1. The van der Waals surface area contributed by atoms with Gasteiger partial charge >= 0.3 is 5.97 Å². The lowest BCUT2D eigenvalue weighted by Crippen LogP contribution is -2.16. The number of halogens is 2. The van der Waals surface area contributed by atoms with Crippen LogP contribution < -0.4 is 4.74 Å². The van der Waals surface area contributed by atoms with Crippen LogP contribution in [0.4, 0.5) is 4.39 Å². The number of carbonyl (C=O) groups excluding carboxylic acids is 2. The average Bonchev–Trinajstić information content (AvgIpc) is 2.72. The smallest absolute Gasteiger partial charge is 0.313 e. The normalized spacial score (nSPS) is 12.2. The Hall–Kier alpha value is -2.51. The van der Waals surface area contributed by atoms with Gasteiger partial charge in [-0.05, 0) is 63.7 Å². The largest absolute Gasteiger partial charge is 0.495 e. The van der Waals surface area contributed by atoms with E-state index in [-0.39, 0.29) is 31.2 Å². The van der Waals surface area contributed by atoms with Gasteiger partial charge in [0.1, 0.15) is 23.8 Å². The fourth-order valence-corrected chi connectivity index (χ4v) is 3.99. The molecule has 0 saturated heterocycles. The standard InChI is InChI=1S/C25H28BrFO5/c1-5-32-23(30)13-19(29)12-18(28)10-11-20-21(15(2)3)14-22(26)25(31-4)24(20)16-6-8-17(27)9-7-16/h6-11,14-15,18,28H,5,12-13H2,1-4H3. The van der Waals surface area contributed by atoms with E-state index >= 15 is 0 Å². The first-order chi connectivity index (χ1) is 15.2. The number of carbonyl (C=O) groups is 2. The van der Waals surface area contributed by atoms with Crippen molar-refractivity contribution in [2.75, 3.05) is 13.7 Å². The van der Waals surface area contributed by atoms with Crippen LogP contribution in [0.3, 0.4) is 0 Å². The molecule has 0 fully saturated rings. The van der Waals surface area contributed by atoms with Crippen molar-refractivity contribution in [3.05, 3.63) is 57.8 Å². The third kappa shape index (κ3) is 6.74. The van der Waals surface area contributed by atoms with Gasteiger partial charge in [-0.2, -0.15) is 0 Å². The highest BCUT2D eigenvalue weighted by Gasteiger charge is 2.20. The van der Waals surface area contributed by atoms with E-state index in [1.165, 1.54) is 18.2 Å². The molecule has 7 heteroatoms. The highest BCUT2D eigenvalue weighted by Crippen LogP contribution is 2.43. The maximum atomic E-state index is 13.5. The molecular weight excluding hydrogens is 479 g/mol. The van der Waals surface area contributed by atoms with Crippen LogP contribution in [0.25, 0.3) is 17.2 Å².